The Bertz CT molecular complexity index is 451. The van der Waals surface area contributed by atoms with E-state index in [1.165, 1.54) is 25.3 Å². The van der Waals surface area contributed by atoms with Crippen LogP contribution in [0.2, 0.25) is 0 Å². The van der Waals surface area contributed by atoms with Crippen molar-refractivity contribution in [1.29, 1.82) is 0 Å². The van der Waals surface area contributed by atoms with Gasteiger partial charge < -0.3 is 15.0 Å². The van der Waals surface area contributed by atoms with Crippen LogP contribution in [0.3, 0.4) is 0 Å². The van der Waals surface area contributed by atoms with Gasteiger partial charge in [0.1, 0.15) is 0 Å². The topological polar surface area (TPSA) is 41.6 Å². The van der Waals surface area contributed by atoms with Gasteiger partial charge in [0, 0.05) is 31.2 Å². The zero-order chi connectivity index (χ0) is 13.1. The summed E-state index contributed by atoms with van der Waals surface area (Å²) in [6.45, 7) is 4.23. The molecule has 1 heterocycles. The number of amides is 1. The van der Waals surface area contributed by atoms with Crippen LogP contribution in [0.1, 0.15) is 17.3 Å². The molecular formula is C13H17FN2O2. The van der Waals surface area contributed by atoms with Gasteiger partial charge in [0.25, 0.3) is 5.91 Å². The van der Waals surface area contributed by atoms with Crippen LogP contribution in [-0.2, 0) is 0 Å². The van der Waals surface area contributed by atoms with E-state index < -0.39 is 5.82 Å². The maximum Gasteiger partial charge on any atom is 0.254 e. The van der Waals surface area contributed by atoms with E-state index in [1.807, 2.05) is 6.92 Å². The van der Waals surface area contributed by atoms with Gasteiger partial charge in [0.05, 0.1) is 7.11 Å². The van der Waals surface area contributed by atoms with Crippen molar-refractivity contribution in [2.45, 2.75) is 13.0 Å². The minimum atomic E-state index is -0.456. The van der Waals surface area contributed by atoms with Gasteiger partial charge in [-0.2, -0.15) is 0 Å². The van der Waals surface area contributed by atoms with Crippen molar-refractivity contribution in [2.75, 3.05) is 26.7 Å². The van der Waals surface area contributed by atoms with Crippen LogP contribution in [-0.4, -0.2) is 43.6 Å². The van der Waals surface area contributed by atoms with Gasteiger partial charge in [-0.3, -0.25) is 4.79 Å². The van der Waals surface area contributed by atoms with Crippen LogP contribution in [0.4, 0.5) is 4.39 Å². The van der Waals surface area contributed by atoms with Crippen LogP contribution in [0, 0.1) is 5.82 Å². The first-order chi connectivity index (χ1) is 8.63. The van der Waals surface area contributed by atoms with Crippen LogP contribution in [0.15, 0.2) is 18.2 Å². The van der Waals surface area contributed by atoms with Gasteiger partial charge in [-0.15, -0.1) is 0 Å². The fraction of sp³-hybridized carbons (Fsp3) is 0.462. The van der Waals surface area contributed by atoms with Crippen LogP contribution < -0.4 is 10.1 Å². The molecule has 1 amide bonds. The minimum Gasteiger partial charge on any atom is -0.494 e. The zero-order valence-corrected chi connectivity index (χ0v) is 10.6. The summed E-state index contributed by atoms with van der Waals surface area (Å²) in [5.41, 5.74) is 0.460. The van der Waals surface area contributed by atoms with Crippen LogP contribution >= 0.6 is 0 Å². The van der Waals surface area contributed by atoms with Gasteiger partial charge in [-0.1, -0.05) is 0 Å². The van der Waals surface area contributed by atoms with Crippen molar-refractivity contribution >= 4 is 5.91 Å². The third-order valence-corrected chi connectivity index (χ3v) is 3.16. The van der Waals surface area contributed by atoms with E-state index in [9.17, 15) is 9.18 Å². The number of nitrogens with zero attached hydrogens (tertiary/aromatic N) is 1. The Morgan fingerprint density at radius 1 is 1.56 bits per heavy atom. The normalized spacial score (nSPS) is 19.7. The molecule has 0 saturated carbocycles. The summed E-state index contributed by atoms with van der Waals surface area (Å²) in [4.78, 5) is 14.1. The SMILES string of the molecule is COc1cc(C(=O)N2CCNC[C@H]2C)ccc1F. The number of piperazine rings is 1. The number of rotatable bonds is 2. The van der Waals surface area contributed by atoms with E-state index >= 15 is 0 Å². The number of ether oxygens (including phenoxy) is 1. The standard InChI is InChI=1S/C13H17FN2O2/c1-9-8-15-5-6-16(9)13(17)10-3-4-11(14)12(7-10)18-2/h3-4,7,9,15H,5-6,8H2,1-2H3/t9-/m1/s1. The Morgan fingerprint density at radius 2 is 2.33 bits per heavy atom. The molecule has 1 aliphatic heterocycles. The highest BCUT2D eigenvalue weighted by Crippen LogP contribution is 2.20. The van der Waals surface area contributed by atoms with E-state index in [0.29, 0.717) is 12.1 Å². The van der Waals surface area contributed by atoms with Crippen molar-refractivity contribution in [2.24, 2.45) is 0 Å². The molecule has 1 aromatic rings. The predicted octanol–water partition coefficient (Wildman–Crippen LogP) is 1.27. The van der Waals surface area contributed by atoms with E-state index in [2.05, 4.69) is 5.32 Å². The van der Waals surface area contributed by atoms with Crippen molar-refractivity contribution < 1.29 is 13.9 Å². The Labute approximate surface area is 106 Å². The maximum absolute atomic E-state index is 13.3. The molecule has 18 heavy (non-hydrogen) atoms. The lowest BCUT2D eigenvalue weighted by molar-refractivity contribution is 0.0655. The van der Waals surface area contributed by atoms with Crippen LogP contribution in [0.25, 0.3) is 0 Å². The zero-order valence-electron chi connectivity index (χ0n) is 10.6. The molecular weight excluding hydrogens is 235 g/mol. The molecule has 0 unspecified atom stereocenters. The lowest BCUT2D eigenvalue weighted by atomic mass is 10.1. The fourth-order valence-corrected chi connectivity index (χ4v) is 2.10. The number of nitrogens with one attached hydrogen (secondary N) is 1. The molecule has 4 nitrogen and oxygen atoms in total. The molecule has 1 saturated heterocycles. The minimum absolute atomic E-state index is 0.0812. The summed E-state index contributed by atoms with van der Waals surface area (Å²) in [6, 6.07) is 4.35. The summed E-state index contributed by atoms with van der Waals surface area (Å²) >= 11 is 0. The molecule has 1 N–H and O–H groups in total. The third-order valence-electron chi connectivity index (χ3n) is 3.16. The number of hydrogen-bond donors (Lipinski definition) is 1. The third kappa shape index (κ3) is 2.46. The fourth-order valence-electron chi connectivity index (χ4n) is 2.10. The van der Waals surface area contributed by atoms with Crippen molar-refractivity contribution in [3.8, 4) is 5.75 Å². The second kappa shape index (κ2) is 5.35. The lowest BCUT2D eigenvalue weighted by Crippen LogP contribution is -2.52. The van der Waals surface area contributed by atoms with Gasteiger partial charge in [-0.05, 0) is 25.1 Å². The predicted molar refractivity (Wildman–Crippen MR) is 66.3 cm³/mol. The average molecular weight is 252 g/mol. The van der Waals surface area contributed by atoms with Crippen LogP contribution in [0.5, 0.6) is 5.75 Å². The smallest absolute Gasteiger partial charge is 0.254 e. The van der Waals surface area contributed by atoms with Gasteiger partial charge >= 0.3 is 0 Å². The first kappa shape index (κ1) is 12.8. The number of methoxy groups -OCH3 is 1. The molecule has 5 heteroatoms. The summed E-state index contributed by atoms with van der Waals surface area (Å²) in [6.07, 6.45) is 0. The molecule has 1 aliphatic rings. The molecule has 2 rings (SSSR count). The van der Waals surface area contributed by atoms with Gasteiger partial charge in [0.15, 0.2) is 11.6 Å². The van der Waals surface area contributed by atoms with E-state index in [4.69, 9.17) is 4.74 Å². The Hall–Kier alpha value is -1.62. The summed E-state index contributed by atoms with van der Waals surface area (Å²) < 4.78 is 18.2. The Balaban J connectivity index is 2.22. The van der Waals surface area contributed by atoms with Crippen molar-refractivity contribution in [3.05, 3.63) is 29.6 Å². The number of carbonyl (C=O) groups excluding carboxylic acids is 1. The summed E-state index contributed by atoms with van der Waals surface area (Å²) in [7, 11) is 1.39. The molecule has 1 aromatic carbocycles. The molecule has 0 bridgehead atoms. The number of carbonyl (C=O) groups is 1. The van der Waals surface area contributed by atoms with Gasteiger partial charge in [-0.25, -0.2) is 4.39 Å². The summed E-state index contributed by atoms with van der Waals surface area (Å²) in [5, 5.41) is 3.22. The maximum atomic E-state index is 13.3. The monoisotopic (exact) mass is 252 g/mol. The van der Waals surface area contributed by atoms with Gasteiger partial charge in [0.2, 0.25) is 0 Å². The largest absolute Gasteiger partial charge is 0.494 e. The molecule has 0 aromatic heterocycles. The first-order valence-corrected chi connectivity index (χ1v) is 5.98. The van der Waals surface area contributed by atoms with E-state index in [1.54, 1.807) is 4.90 Å². The molecule has 0 radical (unpaired) electrons. The number of benzene rings is 1. The lowest BCUT2D eigenvalue weighted by Gasteiger charge is -2.34. The Morgan fingerprint density at radius 3 is 3.00 bits per heavy atom. The van der Waals surface area contributed by atoms with Crippen molar-refractivity contribution in [3.63, 3.8) is 0 Å². The highest BCUT2D eigenvalue weighted by molar-refractivity contribution is 5.95. The second-order valence-electron chi connectivity index (χ2n) is 4.40. The molecule has 98 valence electrons. The molecule has 1 fully saturated rings. The second-order valence-corrected chi connectivity index (χ2v) is 4.40. The molecule has 0 spiro atoms. The molecule has 1 atom stereocenters. The number of hydrogen-bond acceptors (Lipinski definition) is 3. The average Bonchev–Trinajstić information content (AvgIpc) is 2.39. The van der Waals surface area contributed by atoms with E-state index in [-0.39, 0.29) is 17.7 Å². The Kier molecular flexibility index (Phi) is 3.81. The van der Waals surface area contributed by atoms with Crippen molar-refractivity contribution in [1.82, 2.24) is 10.2 Å². The summed E-state index contributed by atoms with van der Waals surface area (Å²) in [5.74, 6) is -0.437. The van der Waals surface area contributed by atoms with E-state index in [0.717, 1.165) is 13.1 Å². The molecule has 0 aliphatic carbocycles. The highest BCUT2D eigenvalue weighted by Gasteiger charge is 2.24. The quantitative estimate of drug-likeness (QED) is 0.861. The highest BCUT2D eigenvalue weighted by atomic mass is 19.1. The first-order valence-electron chi connectivity index (χ1n) is 5.98. The number of halogens is 1.